The summed E-state index contributed by atoms with van der Waals surface area (Å²) in [5.41, 5.74) is 2.60. The van der Waals surface area contributed by atoms with Gasteiger partial charge in [0.25, 0.3) is 5.91 Å². The van der Waals surface area contributed by atoms with Crippen molar-refractivity contribution in [2.45, 2.75) is 6.04 Å². The van der Waals surface area contributed by atoms with Gasteiger partial charge in [-0.15, -0.1) is 0 Å². The van der Waals surface area contributed by atoms with Crippen molar-refractivity contribution in [3.8, 4) is 0 Å². The molecule has 1 amide bonds. The molecule has 1 aromatic heterocycles. The van der Waals surface area contributed by atoms with Crippen molar-refractivity contribution < 1.29 is 4.79 Å². The molecule has 2 N–H and O–H groups in total. The second-order valence-electron chi connectivity index (χ2n) is 4.01. The molecule has 0 radical (unpaired) electrons. The third-order valence-corrected chi connectivity index (χ3v) is 3.53. The van der Waals surface area contributed by atoms with Crippen molar-refractivity contribution in [1.29, 1.82) is 0 Å². The van der Waals surface area contributed by atoms with Gasteiger partial charge in [0.2, 0.25) is 0 Å². The molecule has 0 saturated carbocycles. The highest BCUT2D eigenvalue weighted by Crippen LogP contribution is 2.38. The lowest BCUT2D eigenvalue weighted by Gasteiger charge is -2.13. The van der Waals surface area contributed by atoms with Crippen LogP contribution in [0.5, 0.6) is 0 Å². The van der Waals surface area contributed by atoms with E-state index in [1.807, 2.05) is 30.3 Å². The molecule has 1 aromatic carbocycles. The van der Waals surface area contributed by atoms with E-state index in [1.54, 1.807) is 12.4 Å². The van der Waals surface area contributed by atoms with Crippen LogP contribution in [-0.4, -0.2) is 10.9 Å². The number of benzene rings is 1. The van der Waals surface area contributed by atoms with E-state index in [4.69, 9.17) is 0 Å². The molecule has 0 spiro atoms. The Bertz CT molecular complexity index is 600. The lowest BCUT2D eigenvalue weighted by atomic mass is 10.1. The van der Waals surface area contributed by atoms with E-state index >= 15 is 0 Å². The van der Waals surface area contributed by atoms with Gasteiger partial charge in [-0.1, -0.05) is 22.0 Å². The maximum absolute atomic E-state index is 12.0. The Morgan fingerprint density at radius 1 is 1.28 bits per heavy atom. The minimum absolute atomic E-state index is 0.0549. The second kappa shape index (κ2) is 4.42. The Labute approximate surface area is 113 Å². The smallest absolute Gasteiger partial charge is 0.251 e. The summed E-state index contributed by atoms with van der Waals surface area (Å²) >= 11 is 3.48. The number of hydrogen-bond donors (Lipinski definition) is 2. The molecule has 2 heterocycles. The van der Waals surface area contributed by atoms with Crippen molar-refractivity contribution in [2.75, 3.05) is 10.6 Å². The minimum atomic E-state index is -0.389. The summed E-state index contributed by atoms with van der Waals surface area (Å²) in [6.07, 6.45) is 3.39. The standard InChI is InChI=1S/C13H10BrN3O/c14-9-4-1-5-10-11(9)12(13(18)17-10)16-8-3-2-6-15-7-8/h1-7,12,16H,(H,17,18). The zero-order chi connectivity index (χ0) is 12.5. The number of nitrogens with zero attached hydrogens (tertiary/aromatic N) is 1. The molecule has 1 atom stereocenters. The first-order chi connectivity index (χ1) is 8.75. The monoisotopic (exact) mass is 303 g/mol. The van der Waals surface area contributed by atoms with Gasteiger partial charge in [-0.3, -0.25) is 9.78 Å². The topological polar surface area (TPSA) is 54.0 Å². The number of pyridine rings is 1. The van der Waals surface area contributed by atoms with Crippen LogP contribution in [0.25, 0.3) is 0 Å². The molecule has 4 nitrogen and oxygen atoms in total. The molecule has 0 fully saturated rings. The van der Waals surface area contributed by atoms with Gasteiger partial charge >= 0.3 is 0 Å². The van der Waals surface area contributed by atoms with Crippen LogP contribution in [0.3, 0.4) is 0 Å². The fraction of sp³-hybridized carbons (Fsp3) is 0.0769. The first kappa shape index (κ1) is 11.2. The number of hydrogen-bond acceptors (Lipinski definition) is 3. The molecular formula is C13H10BrN3O. The number of halogens is 1. The predicted octanol–water partition coefficient (Wildman–Crippen LogP) is 2.95. The highest BCUT2D eigenvalue weighted by atomic mass is 79.9. The molecule has 18 heavy (non-hydrogen) atoms. The third-order valence-electron chi connectivity index (χ3n) is 2.83. The summed E-state index contributed by atoms with van der Waals surface area (Å²) in [7, 11) is 0. The molecule has 90 valence electrons. The van der Waals surface area contributed by atoms with Crippen molar-refractivity contribution in [1.82, 2.24) is 4.98 Å². The number of nitrogens with one attached hydrogen (secondary N) is 2. The van der Waals surface area contributed by atoms with Crippen molar-refractivity contribution in [3.05, 3.63) is 52.8 Å². The van der Waals surface area contributed by atoms with E-state index in [-0.39, 0.29) is 11.9 Å². The number of carbonyl (C=O) groups excluding carboxylic acids is 1. The highest BCUT2D eigenvalue weighted by Gasteiger charge is 2.32. The molecule has 1 aliphatic rings. The van der Waals surface area contributed by atoms with Gasteiger partial charge in [-0.2, -0.15) is 0 Å². The van der Waals surface area contributed by atoms with Crippen LogP contribution in [0, 0.1) is 0 Å². The summed E-state index contributed by atoms with van der Waals surface area (Å²) < 4.78 is 0.916. The van der Waals surface area contributed by atoms with Crippen LogP contribution in [0.15, 0.2) is 47.2 Å². The SMILES string of the molecule is O=C1Nc2cccc(Br)c2C1Nc1cccnc1. The maximum Gasteiger partial charge on any atom is 0.251 e. The van der Waals surface area contributed by atoms with Crippen LogP contribution in [0.2, 0.25) is 0 Å². The Balaban J connectivity index is 1.97. The Morgan fingerprint density at radius 2 is 2.17 bits per heavy atom. The molecule has 0 saturated heterocycles. The van der Waals surface area contributed by atoms with Crippen molar-refractivity contribution >= 4 is 33.2 Å². The largest absolute Gasteiger partial charge is 0.369 e. The van der Waals surface area contributed by atoms with Gasteiger partial charge in [0.1, 0.15) is 6.04 Å². The number of aromatic nitrogens is 1. The quantitative estimate of drug-likeness (QED) is 0.897. The summed E-state index contributed by atoms with van der Waals surface area (Å²) in [6, 6.07) is 9.04. The summed E-state index contributed by atoms with van der Waals surface area (Å²) in [4.78, 5) is 16.0. The Morgan fingerprint density at radius 3 is 2.94 bits per heavy atom. The normalized spacial score (nSPS) is 17.2. The van der Waals surface area contributed by atoms with E-state index in [0.717, 1.165) is 21.4 Å². The van der Waals surface area contributed by atoms with E-state index in [0.29, 0.717) is 0 Å². The first-order valence-electron chi connectivity index (χ1n) is 5.51. The van der Waals surface area contributed by atoms with Gasteiger partial charge < -0.3 is 10.6 Å². The lowest BCUT2D eigenvalue weighted by molar-refractivity contribution is -0.116. The van der Waals surface area contributed by atoms with Gasteiger partial charge in [0.05, 0.1) is 5.69 Å². The van der Waals surface area contributed by atoms with Crippen LogP contribution in [0.1, 0.15) is 11.6 Å². The zero-order valence-electron chi connectivity index (χ0n) is 9.35. The van der Waals surface area contributed by atoms with E-state index < -0.39 is 0 Å². The first-order valence-corrected chi connectivity index (χ1v) is 6.31. The number of fused-ring (bicyclic) bond motifs is 1. The Hall–Kier alpha value is -1.88. The van der Waals surface area contributed by atoms with E-state index in [1.165, 1.54) is 0 Å². The van der Waals surface area contributed by atoms with Gasteiger partial charge in [0, 0.05) is 28.1 Å². The second-order valence-corrected chi connectivity index (χ2v) is 4.86. The third kappa shape index (κ3) is 1.86. The van der Waals surface area contributed by atoms with E-state index in [9.17, 15) is 4.79 Å². The average Bonchev–Trinajstić information content (AvgIpc) is 2.69. The lowest BCUT2D eigenvalue weighted by Crippen LogP contribution is -2.19. The van der Waals surface area contributed by atoms with Crippen molar-refractivity contribution in [3.63, 3.8) is 0 Å². The number of amides is 1. The molecule has 1 aliphatic heterocycles. The number of rotatable bonds is 2. The van der Waals surface area contributed by atoms with Crippen LogP contribution in [0.4, 0.5) is 11.4 Å². The molecular weight excluding hydrogens is 294 g/mol. The summed E-state index contributed by atoms with van der Waals surface area (Å²) in [5, 5.41) is 6.04. The average molecular weight is 304 g/mol. The molecule has 1 unspecified atom stereocenters. The summed E-state index contributed by atoms with van der Waals surface area (Å²) in [6.45, 7) is 0. The Kier molecular flexibility index (Phi) is 2.76. The minimum Gasteiger partial charge on any atom is -0.369 e. The fourth-order valence-corrected chi connectivity index (χ4v) is 2.62. The maximum atomic E-state index is 12.0. The van der Waals surface area contributed by atoms with E-state index in [2.05, 4.69) is 31.5 Å². The van der Waals surface area contributed by atoms with Crippen LogP contribution < -0.4 is 10.6 Å². The summed E-state index contributed by atoms with van der Waals surface area (Å²) in [5.74, 6) is -0.0549. The van der Waals surface area contributed by atoms with Crippen LogP contribution in [-0.2, 0) is 4.79 Å². The van der Waals surface area contributed by atoms with Crippen molar-refractivity contribution in [2.24, 2.45) is 0 Å². The zero-order valence-corrected chi connectivity index (χ0v) is 10.9. The fourth-order valence-electron chi connectivity index (χ4n) is 2.03. The van der Waals surface area contributed by atoms with Crippen LogP contribution >= 0.6 is 15.9 Å². The number of carbonyl (C=O) groups is 1. The van der Waals surface area contributed by atoms with Gasteiger partial charge in [-0.05, 0) is 24.3 Å². The molecule has 5 heteroatoms. The molecule has 0 aliphatic carbocycles. The highest BCUT2D eigenvalue weighted by molar-refractivity contribution is 9.10. The molecule has 0 bridgehead atoms. The van der Waals surface area contributed by atoms with Gasteiger partial charge in [0.15, 0.2) is 0 Å². The molecule has 3 rings (SSSR count). The number of anilines is 2. The molecule has 2 aromatic rings. The van der Waals surface area contributed by atoms with Gasteiger partial charge in [-0.25, -0.2) is 0 Å². The predicted molar refractivity (Wildman–Crippen MR) is 73.4 cm³/mol.